The van der Waals surface area contributed by atoms with Crippen molar-refractivity contribution in [3.8, 4) is 0 Å². The molecule has 0 spiro atoms. The Morgan fingerprint density at radius 2 is 2.25 bits per heavy atom. The van der Waals surface area contributed by atoms with Gasteiger partial charge in [0, 0.05) is 24.4 Å². The van der Waals surface area contributed by atoms with Gasteiger partial charge in [0.2, 0.25) is 0 Å². The molecule has 2 N–H and O–H groups in total. The molecule has 0 aromatic heterocycles. The van der Waals surface area contributed by atoms with Crippen LogP contribution in [-0.2, 0) is 4.79 Å². The Balaban J connectivity index is 2.68. The van der Waals surface area contributed by atoms with E-state index >= 15 is 0 Å². The zero-order valence-electron chi connectivity index (χ0n) is 8.77. The van der Waals surface area contributed by atoms with E-state index < -0.39 is 10.9 Å². The third-order valence-corrected chi connectivity index (χ3v) is 2.08. The number of aryl methyl sites for hydroxylation is 1. The monoisotopic (exact) mass is 224 g/mol. The van der Waals surface area contributed by atoms with E-state index in [9.17, 15) is 14.9 Å². The minimum atomic E-state index is -0.882. The molecule has 0 aliphatic rings. The Hall–Kier alpha value is -2.11. The molecule has 0 aliphatic carbocycles. The molecule has 0 saturated heterocycles. The summed E-state index contributed by atoms with van der Waals surface area (Å²) in [6, 6.07) is 4.41. The van der Waals surface area contributed by atoms with Crippen LogP contribution in [0.25, 0.3) is 0 Å². The number of nitro benzene ring substituents is 1. The van der Waals surface area contributed by atoms with Gasteiger partial charge in [-0.2, -0.15) is 0 Å². The average Bonchev–Trinajstić information content (AvgIpc) is 2.19. The molecule has 0 amide bonds. The fraction of sp³-hybridized carbons (Fsp3) is 0.300. The number of nitrogens with zero attached hydrogens (tertiary/aromatic N) is 1. The number of carboxylic acid groups (broad SMARTS) is 1. The lowest BCUT2D eigenvalue weighted by Crippen LogP contribution is -2.08. The van der Waals surface area contributed by atoms with Crippen molar-refractivity contribution in [3.63, 3.8) is 0 Å². The van der Waals surface area contributed by atoms with E-state index in [1.54, 1.807) is 13.0 Å². The standard InChI is InChI=1S/C10H12N2O4/c1-7-6-8(12(15)16)2-3-9(7)11-5-4-10(13)14/h2-3,6,11H,4-5H2,1H3,(H,13,14). The first-order valence-corrected chi connectivity index (χ1v) is 4.71. The van der Waals surface area contributed by atoms with Crippen LogP contribution in [0, 0.1) is 17.0 Å². The molecule has 0 aliphatic heterocycles. The molecule has 16 heavy (non-hydrogen) atoms. The number of nitrogens with one attached hydrogen (secondary N) is 1. The third-order valence-electron chi connectivity index (χ3n) is 2.08. The van der Waals surface area contributed by atoms with Crippen molar-refractivity contribution in [3.05, 3.63) is 33.9 Å². The van der Waals surface area contributed by atoms with Gasteiger partial charge in [0.15, 0.2) is 0 Å². The number of benzene rings is 1. The molecule has 0 saturated carbocycles. The molecule has 0 bridgehead atoms. The van der Waals surface area contributed by atoms with Gasteiger partial charge in [-0.1, -0.05) is 0 Å². The largest absolute Gasteiger partial charge is 0.481 e. The SMILES string of the molecule is Cc1cc([N+](=O)[O-])ccc1NCCC(=O)O. The van der Waals surface area contributed by atoms with E-state index in [2.05, 4.69) is 5.32 Å². The Kier molecular flexibility index (Phi) is 3.82. The van der Waals surface area contributed by atoms with Crippen LogP contribution in [-0.4, -0.2) is 22.5 Å². The summed E-state index contributed by atoms with van der Waals surface area (Å²) in [5.74, 6) is -0.882. The summed E-state index contributed by atoms with van der Waals surface area (Å²) in [6.07, 6.45) is 0.0103. The van der Waals surface area contributed by atoms with E-state index in [0.29, 0.717) is 12.2 Å². The van der Waals surface area contributed by atoms with Gasteiger partial charge in [-0.15, -0.1) is 0 Å². The number of hydrogen-bond donors (Lipinski definition) is 2. The normalized spacial score (nSPS) is 9.81. The lowest BCUT2D eigenvalue weighted by atomic mass is 10.2. The maximum atomic E-state index is 10.5. The number of nitro groups is 1. The number of carbonyl (C=O) groups is 1. The van der Waals surface area contributed by atoms with Crippen molar-refractivity contribution in [2.75, 3.05) is 11.9 Å². The van der Waals surface area contributed by atoms with Crippen molar-refractivity contribution in [1.29, 1.82) is 0 Å². The number of rotatable bonds is 5. The Morgan fingerprint density at radius 1 is 1.56 bits per heavy atom. The Morgan fingerprint density at radius 3 is 2.75 bits per heavy atom. The van der Waals surface area contributed by atoms with Crippen molar-refractivity contribution in [2.45, 2.75) is 13.3 Å². The first-order chi connectivity index (χ1) is 7.50. The van der Waals surface area contributed by atoms with Gasteiger partial charge in [-0.25, -0.2) is 0 Å². The summed E-state index contributed by atoms with van der Waals surface area (Å²) in [5.41, 5.74) is 1.47. The molecule has 0 heterocycles. The van der Waals surface area contributed by atoms with Gasteiger partial charge in [0.05, 0.1) is 11.3 Å². The molecule has 6 heteroatoms. The number of non-ortho nitro benzene ring substituents is 1. The molecule has 0 atom stereocenters. The predicted octanol–water partition coefficient (Wildman–Crippen LogP) is 1.79. The van der Waals surface area contributed by atoms with Gasteiger partial charge in [0.25, 0.3) is 5.69 Å². The molecule has 0 unspecified atom stereocenters. The summed E-state index contributed by atoms with van der Waals surface area (Å²) in [4.78, 5) is 20.3. The topological polar surface area (TPSA) is 92.5 Å². The van der Waals surface area contributed by atoms with Crippen molar-refractivity contribution in [1.82, 2.24) is 0 Å². The van der Waals surface area contributed by atoms with Crippen LogP contribution < -0.4 is 5.32 Å². The van der Waals surface area contributed by atoms with E-state index in [-0.39, 0.29) is 12.1 Å². The number of carboxylic acids is 1. The summed E-state index contributed by atoms with van der Waals surface area (Å²) < 4.78 is 0. The molecule has 1 aromatic rings. The van der Waals surface area contributed by atoms with Gasteiger partial charge >= 0.3 is 5.97 Å². The number of aliphatic carboxylic acids is 1. The van der Waals surface area contributed by atoms with Crippen LogP contribution >= 0.6 is 0 Å². The lowest BCUT2D eigenvalue weighted by molar-refractivity contribution is -0.384. The number of anilines is 1. The lowest BCUT2D eigenvalue weighted by Gasteiger charge is -2.07. The van der Waals surface area contributed by atoms with E-state index in [1.807, 2.05) is 0 Å². The van der Waals surface area contributed by atoms with Crippen LogP contribution in [0.1, 0.15) is 12.0 Å². The van der Waals surface area contributed by atoms with Crippen molar-refractivity contribution >= 4 is 17.3 Å². The zero-order valence-corrected chi connectivity index (χ0v) is 8.77. The summed E-state index contributed by atoms with van der Waals surface area (Å²) >= 11 is 0. The molecular weight excluding hydrogens is 212 g/mol. The van der Waals surface area contributed by atoms with Crippen LogP contribution in [0.4, 0.5) is 11.4 Å². The molecule has 0 radical (unpaired) electrons. The van der Waals surface area contributed by atoms with Crippen molar-refractivity contribution < 1.29 is 14.8 Å². The molecular formula is C10H12N2O4. The molecule has 6 nitrogen and oxygen atoms in total. The smallest absolute Gasteiger partial charge is 0.305 e. The zero-order chi connectivity index (χ0) is 12.1. The highest BCUT2D eigenvalue weighted by molar-refractivity contribution is 5.67. The van der Waals surface area contributed by atoms with Gasteiger partial charge in [-0.05, 0) is 18.6 Å². The van der Waals surface area contributed by atoms with Gasteiger partial charge in [0.1, 0.15) is 0 Å². The highest BCUT2D eigenvalue weighted by Crippen LogP contribution is 2.20. The highest BCUT2D eigenvalue weighted by atomic mass is 16.6. The van der Waals surface area contributed by atoms with E-state index in [0.717, 1.165) is 5.56 Å². The molecule has 1 rings (SSSR count). The van der Waals surface area contributed by atoms with E-state index in [1.165, 1.54) is 12.1 Å². The minimum Gasteiger partial charge on any atom is -0.481 e. The van der Waals surface area contributed by atoms with Crippen LogP contribution in [0.15, 0.2) is 18.2 Å². The highest BCUT2D eigenvalue weighted by Gasteiger charge is 2.07. The fourth-order valence-electron chi connectivity index (χ4n) is 1.26. The van der Waals surface area contributed by atoms with Gasteiger partial charge in [-0.3, -0.25) is 14.9 Å². The second kappa shape index (κ2) is 5.11. The number of hydrogen-bond acceptors (Lipinski definition) is 4. The first kappa shape index (κ1) is 12.0. The quantitative estimate of drug-likeness (QED) is 0.587. The Bertz CT molecular complexity index is 417. The fourth-order valence-corrected chi connectivity index (χ4v) is 1.26. The average molecular weight is 224 g/mol. The maximum absolute atomic E-state index is 10.5. The predicted molar refractivity (Wildman–Crippen MR) is 58.6 cm³/mol. The summed E-state index contributed by atoms with van der Waals surface area (Å²) in [5, 5.41) is 21.8. The van der Waals surface area contributed by atoms with Crippen LogP contribution in [0.3, 0.4) is 0 Å². The molecule has 86 valence electrons. The summed E-state index contributed by atoms with van der Waals surface area (Å²) in [7, 11) is 0. The third kappa shape index (κ3) is 3.23. The first-order valence-electron chi connectivity index (χ1n) is 4.71. The van der Waals surface area contributed by atoms with Crippen molar-refractivity contribution in [2.24, 2.45) is 0 Å². The molecule has 1 aromatic carbocycles. The Labute approximate surface area is 92.0 Å². The maximum Gasteiger partial charge on any atom is 0.305 e. The van der Waals surface area contributed by atoms with Crippen LogP contribution in [0.5, 0.6) is 0 Å². The molecule has 0 fully saturated rings. The second-order valence-electron chi connectivity index (χ2n) is 3.33. The van der Waals surface area contributed by atoms with Crippen LogP contribution in [0.2, 0.25) is 0 Å². The summed E-state index contributed by atoms with van der Waals surface area (Å²) in [6.45, 7) is 2.03. The minimum absolute atomic E-state index is 0.0103. The van der Waals surface area contributed by atoms with Gasteiger partial charge < -0.3 is 10.4 Å². The second-order valence-corrected chi connectivity index (χ2v) is 3.33. The van der Waals surface area contributed by atoms with E-state index in [4.69, 9.17) is 5.11 Å².